The number of nitrogens with one attached hydrogen (secondary N) is 4. The van der Waals surface area contributed by atoms with E-state index in [-0.39, 0.29) is 31.7 Å². The van der Waals surface area contributed by atoms with Crippen LogP contribution in [0.15, 0.2) is 42.5 Å². The van der Waals surface area contributed by atoms with Crippen LogP contribution in [0.1, 0.15) is 65.9 Å². The van der Waals surface area contributed by atoms with E-state index in [1.54, 1.807) is 20.8 Å². The van der Waals surface area contributed by atoms with Crippen LogP contribution < -0.4 is 21.3 Å². The van der Waals surface area contributed by atoms with Gasteiger partial charge >= 0.3 is 13.2 Å². The third-order valence-corrected chi connectivity index (χ3v) is 6.05. The maximum atomic E-state index is 13.1. The molecule has 2 aromatic rings. The van der Waals surface area contributed by atoms with Gasteiger partial charge in [0, 0.05) is 13.0 Å². The summed E-state index contributed by atoms with van der Waals surface area (Å²) in [5.41, 5.74) is 0.152. The molecule has 0 saturated heterocycles. The van der Waals surface area contributed by atoms with Crippen molar-refractivity contribution in [3.8, 4) is 0 Å². The van der Waals surface area contributed by atoms with E-state index in [2.05, 4.69) is 21.3 Å². The molecule has 2 atom stereocenters. The summed E-state index contributed by atoms with van der Waals surface area (Å²) in [6, 6.07) is 12.7. The molecular weight excluding hydrogens is 527 g/mol. The summed E-state index contributed by atoms with van der Waals surface area (Å²) in [5.74, 6) is -2.08. The Morgan fingerprint density at radius 3 is 2.24 bits per heavy atom. The Morgan fingerprint density at radius 2 is 1.61 bits per heavy atom. The number of rotatable bonds is 14. The van der Waals surface area contributed by atoms with Crippen LogP contribution in [-0.2, 0) is 25.7 Å². The molecule has 0 aromatic heterocycles. The van der Waals surface area contributed by atoms with Crippen LogP contribution in [0.5, 0.6) is 0 Å². The zero-order chi connectivity index (χ0) is 30.6. The highest BCUT2D eigenvalue weighted by atomic mass is 16.6. The van der Waals surface area contributed by atoms with Crippen molar-refractivity contribution >= 4 is 41.7 Å². The molecule has 2 aromatic carbocycles. The van der Waals surface area contributed by atoms with E-state index in [1.807, 2.05) is 56.3 Å². The Morgan fingerprint density at radius 1 is 0.927 bits per heavy atom. The molecule has 0 saturated carbocycles. The second-order valence-corrected chi connectivity index (χ2v) is 11.5. The number of carbonyl (C=O) groups excluding carboxylic acids is 4. The Labute approximate surface area is 241 Å². The number of alkyl carbamates (subject to hydrolysis) is 1. The minimum absolute atomic E-state index is 0.0157. The lowest BCUT2D eigenvalue weighted by Gasteiger charge is -2.21. The van der Waals surface area contributed by atoms with Gasteiger partial charge in [-0.15, -0.1) is 0 Å². The van der Waals surface area contributed by atoms with Gasteiger partial charge in [-0.05, 0) is 68.4 Å². The summed E-state index contributed by atoms with van der Waals surface area (Å²) >= 11 is 0. The molecule has 0 radical (unpaired) electrons. The van der Waals surface area contributed by atoms with Gasteiger partial charge in [0.15, 0.2) is 0 Å². The highest BCUT2D eigenvalue weighted by molar-refractivity contribution is 6.43. The van der Waals surface area contributed by atoms with E-state index in [1.165, 1.54) is 0 Å². The largest absolute Gasteiger partial charge is 0.475 e. The first-order valence-electron chi connectivity index (χ1n) is 13.9. The monoisotopic (exact) mass is 570 g/mol. The van der Waals surface area contributed by atoms with Gasteiger partial charge in [-0.2, -0.15) is 0 Å². The van der Waals surface area contributed by atoms with Crippen molar-refractivity contribution in [2.75, 3.05) is 6.54 Å². The predicted molar refractivity (Wildman–Crippen MR) is 157 cm³/mol. The van der Waals surface area contributed by atoms with Crippen molar-refractivity contribution in [1.82, 2.24) is 21.3 Å². The summed E-state index contributed by atoms with van der Waals surface area (Å²) in [6.45, 7) is 8.75. The normalized spacial score (nSPS) is 12.8. The fourth-order valence-electron chi connectivity index (χ4n) is 4.15. The highest BCUT2D eigenvalue weighted by Crippen LogP contribution is 2.16. The molecule has 0 bridgehead atoms. The van der Waals surface area contributed by atoms with Crippen LogP contribution in [-0.4, -0.2) is 65.1 Å². The maximum absolute atomic E-state index is 13.1. The van der Waals surface area contributed by atoms with E-state index < -0.39 is 55.1 Å². The van der Waals surface area contributed by atoms with Crippen LogP contribution in [0.25, 0.3) is 10.8 Å². The molecular formula is C29H43BN4O7. The lowest BCUT2D eigenvalue weighted by molar-refractivity contribution is -0.129. The van der Waals surface area contributed by atoms with Crippen molar-refractivity contribution < 1.29 is 34.0 Å². The van der Waals surface area contributed by atoms with Crippen molar-refractivity contribution in [2.24, 2.45) is 5.92 Å². The third-order valence-electron chi connectivity index (χ3n) is 6.05. The van der Waals surface area contributed by atoms with Crippen LogP contribution in [0.4, 0.5) is 4.79 Å². The number of ether oxygens (including phenoxy) is 1. The zero-order valence-corrected chi connectivity index (χ0v) is 24.5. The summed E-state index contributed by atoms with van der Waals surface area (Å²) < 4.78 is 5.13. The first-order chi connectivity index (χ1) is 19.2. The zero-order valence-electron chi connectivity index (χ0n) is 24.5. The average molecular weight is 570 g/mol. The number of carbonyl (C=O) groups is 4. The molecule has 12 heteroatoms. The number of fused-ring (bicyclic) bond motifs is 1. The molecule has 0 spiro atoms. The van der Waals surface area contributed by atoms with Crippen LogP contribution >= 0.6 is 0 Å². The van der Waals surface area contributed by atoms with Gasteiger partial charge in [-0.25, -0.2) is 4.79 Å². The summed E-state index contributed by atoms with van der Waals surface area (Å²) in [7, 11) is -1.69. The van der Waals surface area contributed by atoms with Crippen LogP contribution in [0.3, 0.4) is 0 Å². The van der Waals surface area contributed by atoms with E-state index in [0.717, 1.165) is 16.3 Å². The van der Waals surface area contributed by atoms with Crippen molar-refractivity contribution in [3.05, 3.63) is 48.0 Å². The van der Waals surface area contributed by atoms with Gasteiger partial charge in [0.2, 0.25) is 17.7 Å². The molecule has 0 fully saturated rings. The van der Waals surface area contributed by atoms with Gasteiger partial charge in [-0.1, -0.05) is 50.2 Å². The second kappa shape index (κ2) is 16.0. The first-order valence-corrected chi connectivity index (χ1v) is 13.9. The summed E-state index contributed by atoms with van der Waals surface area (Å²) in [6.07, 6.45) is 0.0381. The molecule has 0 heterocycles. The predicted octanol–water partition coefficient (Wildman–Crippen LogP) is 2.18. The van der Waals surface area contributed by atoms with Gasteiger partial charge in [-0.3, -0.25) is 14.4 Å². The Bertz CT molecular complexity index is 1180. The first kappa shape index (κ1) is 33.6. The van der Waals surface area contributed by atoms with E-state index in [9.17, 15) is 29.2 Å². The number of hydrogen-bond donors (Lipinski definition) is 6. The molecule has 224 valence electrons. The van der Waals surface area contributed by atoms with E-state index >= 15 is 0 Å². The van der Waals surface area contributed by atoms with Crippen LogP contribution in [0.2, 0.25) is 0 Å². The molecule has 0 aliphatic carbocycles. The maximum Gasteiger partial charge on any atom is 0.475 e. The lowest BCUT2D eigenvalue weighted by Crippen LogP contribution is -2.50. The molecule has 0 unspecified atom stereocenters. The summed E-state index contributed by atoms with van der Waals surface area (Å²) in [5, 5.41) is 31.7. The minimum atomic E-state index is -1.69. The van der Waals surface area contributed by atoms with Gasteiger partial charge in [0.05, 0.1) is 5.94 Å². The summed E-state index contributed by atoms with van der Waals surface area (Å²) in [4.78, 5) is 50.0. The Balaban J connectivity index is 1.99. The molecule has 11 nitrogen and oxygen atoms in total. The Hall–Kier alpha value is -3.64. The van der Waals surface area contributed by atoms with Gasteiger partial charge in [0.1, 0.15) is 18.2 Å². The molecule has 4 amide bonds. The van der Waals surface area contributed by atoms with E-state index in [4.69, 9.17) is 4.74 Å². The number of amides is 4. The Kier molecular flexibility index (Phi) is 13.1. The smallest absolute Gasteiger partial charge is 0.444 e. The fraction of sp³-hybridized carbons (Fsp3) is 0.517. The minimum Gasteiger partial charge on any atom is -0.444 e. The van der Waals surface area contributed by atoms with Crippen molar-refractivity contribution in [1.29, 1.82) is 0 Å². The molecule has 0 aliphatic rings. The lowest BCUT2D eigenvalue weighted by atomic mass is 9.75. The van der Waals surface area contributed by atoms with Crippen molar-refractivity contribution in [2.45, 2.75) is 84.4 Å². The standard InChI is InChI=1S/C29H43BN4O7/c1-19(2)15-24(30(39)40)34-25(35)12-8-11-23(33-26(36)18-32-28(38)41-29(3,4)5)27(37)31-17-20-13-14-21-9-6-7-10-22(21)16-20/h6-7,9-10,13-14,16,19,23-24,39-40H,8,11-12,15,17-18H2,1-5H3,(H,31,37)(H,32,38)(H,33,36)(H,34,35)/t23-,24-/m0/s1. The second-order valence-electron chi connectivity index (χ2n) is 11.5. The quantitative estimate of drug-likeness (QED) is 0.189. The van der Waals surface area contributed by atoms with Gasteiger partial charge in [0.25, 0.3) is 0 Å². The molecule has 6 N–H and O–H groups in total. The molecule has 41 heavy (non-hydrogen) atoms. The number of benzene rings is 2. The molecule has 0 aliphatic heterocycles. The topological polar surface area (TPSA) is 166 Å². The van der Waals surface area contributed by atoms with Crippen molar-refractivity contribution in [3.63, 3.8) is 0 Å². The van der Waals surface area contributed by atoms with E-state index in [0.29, 0.717) is 6.42 Å². The van der Waals surface area contributed by atoms with Gasteiger partial charge < -0.3 is 36.1 Å². The average Bonchev–Trinajstić information content (AvgIpc) is 2.88. The van der Waals surface area contributed by atoms with Crippen LogP contribution in [0, 0.1) is 5.92 Å². The SMILES string of the molecule is CC(C)C[C@H](NC(=O)CCC[C@H](NC(=O)CNC(=O)OC(C)(C)C)C(=O)NCc1ccc2ccccc2c1)B(O)O. The molecule has 2 rings (SSSR count). The highest BCUT2D eigenvalue weighted by Gasteiger charge is 2.27. The third kappa shape index (κ3) is 13.1. The number of hydrogen-bond acceptors (Lipinski definition) is 7. The fourth-order valence-corrected chi connectivity index (χ4v) is 4.15.